The van der Waals surface area contributed by atoms with Gasteiger partial charge in [-0.1, -0.05) is 30.3 Å². The van der Waals surface area contributed by atoms with Gasteiger partial charge in [0.05, 0.1) is 5.69 Å². The van der Waals surface area contributed by atoms with Gasteiger partial charge in [-0.3, -0.25) is 4.90 Å². The van der Waals surface area contributed by atoms with Crippen molar-refractivity contribution in [1.29, 1.82) is 0 Å². The highest BCUT2D eigenvalue weighted by atomic mass is 16.2. The first-order chi connectivity index (χ1) is 15.3. The second-order valence-electron chi connectivity index (χ2n) is 8.41. The van der Waals surface area contributed by atoms with Crippen molar-refractivity contribution in [3.05, 3.63) is 54.2 Å². The molecular weight excluding hydrogens is 388 g/mol. The molecule has 2 aliphatic heterocycles. The van der Waals surface area contributed by atoms with Crippen LogP contribution in [-0.2, 0) is 6.54 Å². The molecule has 2 aromatic rings. The number of amides is 2. The van der Waals surface area contributed by atoms with Crippen molar-refractivity contribution in [2.45, 2.75) is 25.8 Å². The summed E-state index contributed by atoms with van der Waals surface area (Å²) in [4.78, 5) is 24.1. The lowest BCUT2D eigenvalue weighted by atomic mass is 10.2. The maximum atomic E-state index is 12.4. The van der Waals surface area contributed by atoms with E-state index in [1.807, 2.05) is 12.1 Å². The van der Waals surface area contributed by atoms with Crippen LogP contribution < -0.4 is 15.5 Å². The summed E-state index contributed by atoms with van der Waals surface area (Å²) in [6.07, 6.45) is 5.11. The maximum absolute atomic E-state index is 12.4. The van der Waals surface area contributed by atoms with Gasteiger partial charge in [-0.15, -0.1) is 0 Å². The van der Waals surface area contributed by atoms with Crippen molar-refractivity contribution in [3.63, 3.8) is 0 Å². The second kappa shape index (κ2) is 11.1. The van der Waals surface area contributed by atoms with Gasteiger partial charge < -0.3 is 20.4 Å². The number of urea groups is 1. The molecule has 2 amide bonds. The third-order valence-corrected chi connectivity index (χ3v) is 6.09. The molecule has 4 rings (SSSR count). The van der Waals surface area contributed by atoms with Crippen molar-refractivity contribution in [2.75, 3.05) is 62.6 Å². The van der Waals surface area contributed by atoms with Crippen molar-refractivity contribution < 1.29 is 4.79 Å². The zero-order valence-electron chi connectivity index (χ0n) is 18.3. The summed E-state index contributed by atoms with van der Waals surface area (Å²) in [5.41, 5.74) is 2.17. The first kappa shape index (κ1) is 21.6. The van der Waals surface area contributed by atoms with Crippen molar-refractivity contribution in [1.82, 2.24) is 20.1 Å². The fourth-order valence-corrected chi connectivity index (χ4v) is 4.36. The third kappa shape index (κ3) is 6.42. The molecule has 0 unspecified atom stereocenters. The number of hydrogen-bond donors (Lipinski definition) is 2. The third-order valence-electron chi connectivity index (χ3n) is 6.09. The average molecular weight is 423 g/mol. The largest absolute Gasteiger partial charge is 0.355 e. The molecule has 0 saturated carbocycles. The fourth-order valence-electron chi connectivity index (χ4n) is 4.36. The summed E-state index contributed by atoms with van der Waals surface area (Å²) in [5, 5.41) is 5.98. The van der Waals surface area contributed by atoms with Gasteiger partial charge in [0.15, 0.2) is 5.82 Å². The molecule has 2 N–H and O–H groups in total. The van der Waals surface area contributed by atoms with Gasteiger partial charge in [-0.25, -0.2) is 9.78 Å². The number of anilines is 2. The van der Waals surface area contributed by atoms with Crippen LogP contribution in [0.25, 0.3) is 0 Å². The highest BCUT2D eigenvalue weighted by Gasteiger charge is 2.18. The highest BCUT2D eigenvalue weighted by molar-refractivity contribution is 5.92. The number of benzene rings is 1. The van der Waals surface area contributed by atoms with Crippen LogP contribution >= 0.6 is 0 Å². The average Bonchev–Trinajstić information content (AvgIpc) is 3.34. The van der Waals surface area contributed by atoms with E-state index in [1.165, 1.54) is 18.4 Å². The Labute approximate surface area is 185 Å². The van der Waals surface area contributed by atoms with Gasteiger partial charge in [0, 0.05) is 58.6 Å². The maximum Gasteiger partial charge on any atom is 0.319 e. The van der Waals surface area contributed by atoms with Crippen LogP contribution in [0.3, 0.4) is 0 Å². The Bertz CT molecular complexity index is 816. The minimum atomic E-state index is -0.152. The van der Waals surface area contributed by atoms with Gasteiger partial charge in [-0.2, -0.15) is 0 Å². The minimum Gasteiger partial charge on any atom is -0.355 e. The Morgan fingerprint density at radius 1 is 0.903 bits per heavy atom. The smallest absolute Gasteiger partial charge is 0.319 e. The molecule has 1 aromatic carbocycles. The molecular formula is C24H34N6O. The number of aromatic nitrogens is 1. The number of hydrogen-bond acceptors (Lipinski definition) is 5. The molecule has 2 fully saturated rings. The molecule has 2 aliphatic rings. The van der Waals surface area contributed by atoms with E-state index in [4.69, 9.17) is 0 Å². The number of carbonyl (C=O) groups excluding carboxylic acids is 1. The fraction of sp³-hybridized carbons (Fsp3) is 0.500. The van der Waals surface area contributed by atoms with E-state index in [0.717, 1.165) is 70.3 Å². The highest BCUT2D eigenvalue weighted by Crippen LogP contribution is 2.25. The predicted molar refractivity (Wildman–Crippen MR) is 125 cm³/mol. The SMILES string of the molecule is O=C(NCCCN1CCN(Cc2ccccc2)CC1)Nc1cccnc1N1CCCC1. The Morgan fingerprint density at radius 2 is 1.65 bits per heavy atom. The topological polar surface area (TPSA) is 63.7 Å². The molecule has 0 spiro atoms. The summed E-state index contributed by atoms with van der Waals surface area (Å²) in [6.45, 7) is 9.12. The van der Waals surface area contributed by atoms with Gasteiger partial charge in [0.2, 0.25) is 0 Å². The molecule has 0 aliphatic carbocycles. The Kier molecular flexibility index (Phi) is 7.74. The Morgan fingerprint density at radius 3 is 2.42 bits per heavy atom. The van der Waals surface area contributed by atoms with E-state index in [9.17, 15) is 4.79 Å². The molecule has 0 atom stereocenters. The standard InChI is InChI=1S/C24H34N6O/c31-24(27-22-10-6-11-25-23(22)30-14-4-5-15-30)26-12-7-13-28-16-18-29(19-17-28)20-21-8-2-1-3-9-21/h1-3,6,8-11H,4-5,7,12-20H2,(H2,26,27,31). The van der Waals surface area contributed by atoms with E-state index < -0.39 is 0 Å². The molecule has 7 heteroatoms. The zero-order chi connectivity index (χ0) is 21.3. The summed E-state index contributed by atoms with van der Waals surface area (Å²) in [6, 6.07) is 14.3. The van der Waals surface area contributed by atoms with Crippen LogP contribution in [0.1, 0.15) is 24.8 Å². The number of rotatable bonds is 8. The Hall–Kier alpha value is -2.64. The lowest BCUT2D eigenvalue weighted by Crippen LogP contribution is -2.46. The quantitative estimate of drug-likeness (QED) is 0.641. The Balaban J connectivity index is 1.12. The number of pyridine rings is 1. The first-order valence-corrected chi connectivity index (χ1v) is 11.5. The van der Waals surface area contributed by atoms with Crippen LogP contribution in [0.2, 0.25) is 0 Å². The van der Waals surface area contributed by atoms with Crippen LogP contribution in [-0.4, -0.2) is 73.2 Å². The molecule has 3 heterocycles. The van der Waals surface area contributed by atoms with E-state index in [0.29, 0.717) is 6.54 Å². The number of nitrogens with zero attached hydrogens (tertiary/aromatic N) is 4. The monoisotopic (exact) mass is 422 g/mol. The van der Waals surface area contributed by atoms with Crippen molar-refractivity contribution >= 4 is 17.5 Å². The number of carbonyl (C=O) groups is 1. The van der Waals surface area contributed by atoms with Gasteiger partial charge >= 0.3 is 6.03 Å². The molecule has 0 bridgehead atoms. The predicted octanol–water partition coefficient (Wildman–Crippen LogP) is 3.01. The molecule has 0 radical (unpaired) electrons. The summed E-state index contributed by atoms with van der Waals surface area (Å²) in [7, 11) is 0. The normalized spacial score (nSPS) is 17.6. The molecule has 2 saturated heterocycles. The minimum absolute atomic E-state index is 0.152. The van der Waals surface area contributed by atoms with E-state index in [2.05, 4.69) is 60.6 Å². The number of nitrogens with one attached hydrogen (secondary N) is 2. The van der Waals surface area contributed by atoms with Gasteiger partial charge in [0.1, 0.15) is 0 Å². The van der Waals surface area contributed by atoms with E-state index in [-0.39, 0.29) is 6.03 Å². The lowest BCUT2D eigenvalue weighted by Gasteiger charge is -2.34. The van der Waals surface area contributed by atoms with Crippen molar-refractivity contribution in [3.8, 4) is 0 Å². The zero-order valence-corrected chi connectivity index (χ0v) is 18.3. The lowest BCUT2D eigenvalue weighted by molar-refractivity contribution is 0.126. The van der Waals surface area contributed by atoms with Crippen LogP contribution in [0, 0.1) is 0 Å². The van der Waals surface area contributed by atoms with Crippen LogP contribution in [0.15, 0.2) is 48.7 Å². The van der Waals surface area contributed by atoms with Crippen molar-refractivity contribution in [2.24, 2.45) is 0 Å². The first-order valence-electron chi connectivity index (χ1n) is 11.5. The molecule has 166 valence electrons. The molecule has 1 aromatic heterocycles. The summed E-state index contributed by atoms with van der Waals surface area (Å²) >= 11 is 0. The van der Waals surface area contributed by atoms with Gasteiger partial charge in [0.25, 0.3) is 0 Å². The second-order valence-corrected chi connectivity index (χ2v) is 8.41. The van der Waals surface area contributed by atoms with Gasteiger partial charge in [-0.05, 0) is 43.5 Å². The van der Waals surface area contributed by atoms with Crippen LogP contribution in [0.5, 0.6) is 0 Å². The summed E-state index contributed by atoms with van der Waals surface area (Å²) in [5.74, 6) is 0.878. The summed E-state index contributed by atoms with van der Waals surface area (Å²) < 4.78 is 0. The van der Waals surface area contributed by atoms with E-state index in [1.54, 1.807) is 6.20 Å². The molecule has 31 heavy (non-hydrogen) atoms. The molecule has 7 nitrogen and oxygen atoms in total. The number of piperazine rings is 1. The van der Waals surface area contributed by atoms with E-state index >= 15 is 0 Å². The van der Waals surface area contributed by atoms with Crippen LogP contribution in [0.4, 0.5) is 16.3 Å².